The van der Waals surface area contributed by atoms with Crippen molar-refractivity contribution < 1.29 is 9.85 Å². The van der Waals surface area contributed by atoms with E-state index in [4.69, 9.17) is 0 Å². The minimum Gasteiger partial charge on any atom is -0.272 e. The molecule has 3 aliphatic carbocycles. The normalized spacial score (nSPS) is 33.2. The van der Waals surface area contributed by atoms with Crippen molar-refractivity contribution in [3.05, 3.63) is 38.4 Å². The predicted molar refractivity (Wildman–Crippen MR) is 106 cm³/mol. The SMILES string of the molecule is C[C@H]1CC[C@@H]([C@@H]2C[C@H]3CC[C@H]2C3)/C(=N\Nc2ccc([N+](=O)[O-])cc2[N+](=O)[O-])C1. The Kier molecular flexibility index (Phi) is 5.03. The highest BCUT2D eigenvalue weighted by molar-refractivity contribution is 5.89. The molecule has 0 saturated heterocycles. The first kappa shape index (κ1) is 18.8. The predicted octanol–water partition coefficient (Wildman–Crippen LogP) is 5.14. The van der Waals surface area contributed by atoms with Crippen LogP contribution in [0, 0.1) is 49.8 Å². The van der Waals surface area contributed by atoms with Crippen LogP contribution in [-0.2, 0) is 0 Å². The van der Waals surface area contributed by atoms with Crippen LogP contribution < -0.4 is 5.43 Å². The number of hydrazone groups is 1. The third-order valence-corrected chi connectivity index (χ3v) is 6.97. The number of rotatable bonds is 5. The van der Waals surface area contributed by atoms with Gasteiger partial charge in [0, 0.05) is 17.7 Å². The number of nitro benzene ring substituents is 2. The number of nitrogens with one attached hydrogen (secondary N) is 1. The van der Waals surface area contributed by atoms with Gasteiger partial charge in [0.2, 0.25) is 0 Å². The van der Waals surface area contributed by atoms with Crippen molar-refractivity contribution in [3.8, 4) is 0 Å². The van der Waals surface area contributed by atoms with E-state index in [9.17, 15) is 20.2 Å². The van der Waals surface area contributed by atoms with Crippen LogP contribution in [0.3, 0.4) is 0 Å². The molecule has 3 fully saturated rings. The van der Waals surface area contributed by atoms with Gasteiger partial charge in [-0.1, -0.05) is 13.3 Å². The quantitative estimate of drug-likeness (QED) is 0.556. The second-order valence-electron chi connectivity index (χ2n) is 8.76. The molecule has 1 aromatic carbocycles. The van der Waals surface area contributed by atoms with Gasteiger partial charge in [-0.15, -0.1) is 0 Å². The highest BCUT2D eigenvalue weighted by Crippen LogP contribution is 2.53. The van der Waals surface area contributed by atoms with E-state index < -0.39 is 9.85 Å². The maximum Gasteiger partial charge on any atom is 0.301 e. The van der Waals surface area contributed by atoms with Gasteiger partial charge in [0.15, 0.2) is 0 Å². The molecule has 0 aliphatic heterocycles. The Morgan fingerprint density at radius 1 is 1.07 bits per heavy atom. The minimum absolute atomic E-state index is 0.202. The minimum atomic E-state index is -0.628. The number of hydrogen-bond acceptors (Lipinski definition) is 6. The van der Waals surface area contributed by atoms with Gasteiger partial charge in [-0.05, 0) is 68.3 Å². The van der Waals surface area contributed by atoms with E-state index >= 15 is 0 Å². The van der Waals surface area contributed by atoms with Gasteiger partial charge in [-0.2, -0.15) is 5.10 Å². The van der Waals surface area contributed by atoms with Crippen LogP contribution in [0.1, 0.15) is 51.9 Å². The third kappa shape index (κ3) is 3.59. The van der Waals surface area contributed by atoms with Crippen molar-refractivity contribution in [1.82, 2.24) is 0 Å². The van der Waals surface area contributed by atoms with Gasteiger partial charge in [-0.25, -0.2) is 0 Å². The first-order chi connectivity index (χ1) is 13.4. The zero-order chi connectivity index (χ0) is 19.8. The number of benzene rings is 1. The van der Waals surface area contributed by atoms with Crippen LogP contribution >= 0.6 is 0 Å². The van der Waals surface area contributed by atoms with E-state index in [0.717, 1.165) is 36.5 Å². The molecule has 3 aliphatic rings. The van der Waals surface area contributed by atoms with Crippen molar-refractivity contribution in [2.45, 2.75) is 51.9 Å². The Morgan fingerprint density at radius 3 is 2.54 bits per heavy atom. The summed E-state index contributed by atoms with van der Waals surface area (Å²) in [6.45, 7) is 2.22. The summed E-state index contributed by atoms with van der Waals surface area (Å²) in [5, 5.41) is 26.9. The molecule has 0 spiro atoms. The largest absolute Gasteiger partial charge is 0.301 e. The first-order valence-electron chi connectivity index (χ1n) is 10.2. The number of nitro groups is 2. The zero-order valence-electron chi connectivity index (χ0n) is 16.0. The molecule has 3 saturated carbocycles. The van der Waals surface area contributed by atoms with Crippen LogP contribution in [0.4, 0.5) is 17.1 Å². The summed E-state index contributed by atoms with van der Waals surface area (Å²) >= 11 is 0. The number of nitrogens with zero attached hydrogens (tertiary/aromatic N) is 3. The van der Waals surface area contributed by atoms with Crippen LogP contribution in [0.25, 0.3) is 0 Å². The molecular weight excluding hydrogens is 360 g/mol. The van der Waals surface area contributed by atoms with Gasteiger partial charge >= 0.3 is 5.69 Å². The zero-order valence-corrected chi connectivity index (χ0v) is 16.0. The lowest BCUT2D eigenvalue weighted by atomic mass is 9.70. The lowest BCUT2D eigenvalue weighted by molar-refractivity contribution is -0.393. The van der Waals surface area contributed by atoms with Gasteiger partial charge in [0.1, 0.15) is 5.69 Å². The topological polar surface area (TPSA) is 111 Å². The summed E-state index contributed by atoms with van der Waals surface area (Å²) in [4.78, 5) is 21.0. The molecule has 150 valence electrons. The molecule has 8 heteroatoms. The molecule has 4 rings (SSSR count). The molecule has 0 aromatic heterocycles. The summed E-state index contributed by atoms with van der Waals surface area (Å²) in [5.74, 6) is 3.39. The second-order valence-corrected chi connectivity index (χ2v) is 8.76. The van der Waals surface area contributed by atoms with Gasteiger partial charge < -0.3 is 0 Å². The average Bonchev–Trinajstić information content (AvgIpc) is 3.29. The molecule has 2 bridgehead atoms. The van der Waals surface area contributed by atoms with Gasteiger partial charge in [0.25, 0.3) is 5.69 Å². The van der Waals surface area contributed by atoms with Crippen molar-refractivity contribution in [3.63, 3.8) is 0 Å². The second kappa shape index (κ2) is 7.48. The number of non-ortho nitro benzene ring substituents is 1. The molecule has 0 unspecified atom stereocenters. The van der Waals surface area contributed by atoms with Crippen LogP contribution in [0.2, 0.25) is 0 Å². The Bertz CT molecular complexity index is 824. The summed E-state index contributed by atoms with van der Waals surface area (Å²) in [6, 6.07) is 3.63. The van der Waals surface area contributed by atoms with Gasteiger partial charge in [0.05, 0.1) is 15.9 Å². The first-order valence-corrected chi connectivity index (χ1v) is 10.2. The lowest BCUT2D eigenvalue weighted by Gasteiger charge is -2.36. The maximum absolute atomic E-state index is 11.4. The van der Waals surface area contributed by atoms with Crippen LogP contribution in [0.15, 0.2) is 23.3 Å². The van der Waals surface area contributed by atoms with E-state index in [0.29, 0.717) is 17.8 Å². The Hall–Kier alpha value is -2.51. The van der Waals surface area contributed by atoms with E-state index in [1.54, 1.807) is 0 Å². The molecule has 0 heterocycles. The Morgan fingerprint density at radius 2 is 1.89 bits per heavy atom. The number of fused-ring (bicyclic) bond motifs is 2. The average molecular weight is 386 g/mol. The van der Waals surface area contributed by atoms with Crippen molar-refractivity contribution >= 4 is 22.8 Å². The molecule has 8 nitrogen and oxygen atoms in total. The molecule has 5 atom stereocenters. The van der Waals surface area contributed by atoms with Crippen LogP contribution in [-0.4, -0.2) is 15.6 Å². The Balaban J connectivity index is 1.57. The maximum atomic E-state index is 11.4. The fraction of sp³-hybridized carbons (Fsp3) is 0.650. The van der Waals surface area contributed by atoms with E-state index in [2.05, 4.69) is 17.5 Å². The molecule has 0 radical (unpaired) electrons. The molecule has 1 N–H and O–H groups in total. The summed E-state index contributed by atoms with van der Waals surface area (Å²) in [5.41, 5.74) is 3.57. The van der Waals surface area contributed by atoms with E-state index in [1.165, 1.54) is 44.2 Å². The fourth-order valence-electron chi connectivity index (χ4n) is 5.63. The Labute approximate surface area is 163 Å². The monoisotopic (exact) mass is 386 g/mol. The highest BCUT2D eigenvalue weighted by atomic mass is 16.6. The smallest absolute Gasteiger partial charge is 0.272 e. The lowest BCUT2D eigenvalue weighted by Crippen LogP contribution is -2.33. The third-order valence-electron chi connectivity index (χ3n) is 6.97. The van der Waals surface area contributed by atoms with Crippen molar-refractivity contribution in [1.29, 1.82) is 0 Å². The van der Waals surface area contributed by atoms with E-state index in [-0.39, 0.29) is 17.1 Å². The van der Waals surface area contributed by atoms with Crippen molar-refractivity contribution in [2.24, 2.45) is 34.7 Å². The molecular formula is C20H26N4O4. The number of hydrogen-bond donors (Lipinski definition) is 1. The summed E-state index contributed by atoms with van der Waals surface area (Å²) < 4.78 is 0. The molecule has 0 amide bonds. The van der Waals surface area contributed by atoms with Crippen molar-refractivity contribution in [2.75, 3.05) is 5.43 Å². The van der Waals surface area contributed by atoms with E-state index in [1.807, 2.05) is 0 Å². The highest BCUT2D eigenvalue weighted by Gasteiger charge is 2.45. The van der Waals surface area contributed by atoms with Crippen LogP contribution in [0.5, 0.6) is 0 Å². The molecule has 28 heavy (non-hydrogen) atoms. The summed E-state index contributed by atoms with van der Waals surface area (Å²) in [7, 11) is 0. The standard InChI is InChI=1S/C20H26N4O4/c1-12-2-6-16(17-10-13-3-4-14(17)9-13)19(8-12)22-21-18-7-5-15(23(25)26)11-20(18)24(27)28/h5,7,11-14,16-17,21H,2-4,6,8-10H2,1H3/b22-19-/t12-,13-,14-,16-,17+/m0/s1. The fourth-order valence-corrected chi connectivity index (χ4v) is 5.63. The molecule has 1 aromatic rings. The van der Waals surface area contributed by atoms with Gasteiger partial charge in [-0.3, -0.25) is 25.7 Å². The number of anilines is 1. The summed E-state index contributed by atoms with van der Waals surface area (Å²) in [6.07, 6.45) is 8.59.